The molecule has 0 saturated carbocycles. The predicted molar refractivity (Wildman–Crippen MR) is 83.7 cm³/mol. The van der Waals surface area contributed by atoms with Crippen LogP contribution < -0.4 is 15.3 Å². The van der Waals surface area contributed by atoms with Gasteiger partial charge in [-0.2, -0.15) is 0 Å². The van der Waals surface area contributed by atoms with Gasteiger partial charge in [-0.05, 0) is 0 Å². The van der Waals surface area contributed by atoms with E-state index in [2.05, 4.69) is 43.4 Å². The van der Waals surface area contributed by atoms with Crippen LogP contribution >= 0.6 is 0 Å². The van der Waals surface area contributed by atoms with Crippen LogP contribution in [-0.2, 0) is 24.7 Å². The van der Waals surface area contributed by atoms with E-state index in [4.69, 9.17) is 15.3 Å². The summed E-state index contributed by atoms with van der Waals surface area (Å²) in [5.74, 6) is 0. The molecule has 0 aromatic heterocycles. The van der Waals surface area contributed by atoms with Gasteiger partial charge in [-0.25, -0.2) is 0 Å². The Balaban J connectivity index is 0. The van der Waals surface area contributed by atoms with Crippen LogP contribution in [0.5, 0.6) is 0 Å². The second-order valence-corrected chi connectivity index (χ2v) is 7.10. The molecule has 122 valence electrons. The van der Waals surface area contributed by atoms with Crippen LogP contribution in [0.4, 0.5) is 0 Å². The van der Waals surface area contributed by atoms with Gasteiger partial charge in [-0.15, -0.1) is 19.8 Å². The summed E-state index contributed by atoms with van der Waals surface area (Å²) < 4.78 is 0.347. The second-order valence-electron chi connectivity index (χ2n) is 4.64. The van der Waals surface area contributed by atoms with Crippen LogP contribution in [0.2, 0.25) is 3.12 Å². The Labute approximate surface area is 151 Å². The van der Waals surface area contributed by atoms with Gasteiger partial charge in [0.05, 0.1) is 0 Å². The molecular weight excluding hydrogens is 355 g/mol. The summed E-state index contributed by atoms with van der Waals surface area (Å²) in [7, 11) is 0. The summed E-state index contributed by atoms with van der Waals surface area (Å²) >= 11 is 1.61. The van der Waals surface area contributed by atoms with E-state index in [0.29, 0.717) is 3.12 Å². The fourth-order valence-electron chi connectivity index (χ4n) is 1.84. The van der Waals surface area contributed by atoms with Crippen molar-refractivity contribution in [2.75, 3.05) is 19.8 Å². The summed E-state index contributed by atoms with van der Waals surface area (Å²) in [6.07, 6.45) is 15.7. The molecule has 0 unspecified atom stereocenters. The molecule has 0 aliphatic heterocycles. The van der Waals surface area contributed by atoms with Gasteiger partial charge in [0.1, 0.15) is 0 Å². The van der Waals surface area contributed by atoms with Gasteiger partial charge in [0.2, 0.25) is 0 Å². The predicted octanol–water partition coefficient (Wildman–Crippen LogP) is 1.58. The van der Waals surface area contributed by atoms with Gasteiger partial charge in [0.25, 0.3) is 0 Å². The Hall–Kier alpha value is -0.277. The number of hydrogen-bond donors (Lipinski definition) is 0. The molecule has 0 N–H and O–H groups in total. The summed E-state index contributed by atoms with van der Waals surface area (Å²) in [5, 5.41) is 26.8. The van der Waals surface area contributed by atoms with Gasteiger partial charge >= 0.3 is 95.2 Å². The third-order valence-corrected chi connectivity index (χ3v) is 4.41. The maximum absolute atomic E-state index is 8.93. The van der Waals surface area contributed by atoms with Crippen molar-refractivity contribution < 1.29 is 40.0 Å². The Bertz CT molecular complexity index is 343. The molecule has 0 amide bonds. The third kappa shape index (κ3) is 10.4. The van der Waals surface area contributed by atoms with E-state index >= 15 is 0 Å². The number of allylic oxidation sites excluding steroid dienone is 8. The van der Waals surface area contributed by atoms with E-state index in [0.717, 1.165) is 12.8 Å². The van der Waals surface area contributed by atoms with E-state index < -0.39 is 0 Å². The van der Waals surface area contributed by atoms with Gasteiger partial charge in [-0.3, -0.25) is 0 Å². The Morgan fingerprint density at radius 2 is 1.14 bits per heavy atom. The van der Waals surface area contributed by atoms with E-state index in [1.54, 1.807) is 56.6 Å². The first-order valence-corrected chi connectivity index (χ1v) is 8.90. The van der Waals surface area contributed by atoms with Crippen molar-refractivity contribution in [1.82, 2.24) is 0 Å². The van der Waals surface area contributed by atoms with E-state index in [1.807, 2.05) is 0 Å². The van der Waals surface area contributed by atoms with Crippen molar-refractivity contribution in [1.29, 1.82) is 0 Å². The number of hydrogen-bond acceptors (Lipinski definition) is 3. The zero-order valence-corrected chi connectivity index (χ0v) is 16.7. The molecule has 0 aromatic carbocycles. The van der Waals surface area contributed by atoms with Gasteiger partial charge in [-0.1, -0.05) is 20.8 Å². The normalized spacial score (nSPS) is 14.8. The Morgan fingerprint density at radius 3 is 1.32 bits per heavy atom. The molecule has 0 spiro atoms. The van der Waals surface area contributed by atoms with Crippen LogP contribution in [0.1, 0.15) is 40.5 Å². The van der Waals surface area contributed by atoms with Crippen LogP contribution in [0, 0.1) is 0 Å². The van der Waals surface area contributed by atoms with Crippen molar-refractivity contribution in [3.05, 3.63) is 47.6 Å². The fourth-order valence-corrected chi connectivity index (χ4v) is 2.75. The van der Waals surface area contributed by atoms with Crippen molar-refractivity contribution in [2.45, 2.75) is 43.7 Å². The van der Waals surface area contributed by atoms with E-state index in [1.165, 1.54) is 0 Å². The molecule has 0 radical (unpaired) electrons. The fraction of sp³-hybridized carbons (Fsp3) is 0.556. The second kappa shape index (κ2) is 15.6. The summed E-state index contributed by atoms with van der Waals surface area (Å²) in [4.78, 5) is 0. The molecule has 3 nitrogen and oxygen atoms in total. The molecule has 2 aliphatic carbocycles. The SMILES string of the molecule is CC[O-].CC[O-].CC[O-].C[C]([Zr+3])(C1=CC=CC1)C1=CC=CC1. The molecule has 0 heterocycles. The standard InChI is InChI=1S/C12H13.3C2H5O.Zr/c1-10(11-6-2-3-7-11)12-8-4-5-9-12;3*1-2-3;/h2-6,8H,7,9H2,1H3;3*2H2,1H3;/q;3*-1;+3. The topological polar surface area (TPSA) is 69.2 Å². The van der Waals surface area contributed by atoms with Crippen molar-refractivity contribution in [3.8, 4) is 0 Å². The molecule has 0 aromatic rings. The van der Waals surface area contributed by atoms with Crippen molar-refractivity contribution in [3.63, 3.8) is 0 Å². The van der Waals surface area contributed by atoms with Crippen LogP contribution in [0.3, 0.4) is 0 Å². The monoisotopic (exact) mass is 382 g/mol. The first kappa shape index (κ1) is 24.0. The first-order valence-electron chi connectivity index (χ1n) is 7.67. The molecule has 22 heavy (non-hydrogen) atoms. The van der Waals surface area contributed by atoms with Crippen LogP contribution in [0.25, 0.3) is 0 Å². The molecule has 0 fully saturated rings. The number of rotatable bonds is 2. The summed E-state index contributed by atoms with van der Waals surface area (Å²) in [6, 6.07) is 0. The molecular formula is C18H28O3Zr. The van der Waals surface area contributed by atoms with Crippen LogP contribution in [0.15, 0.2) is 47.6 Å². The minimum atomic E-state index is 0. The van der Waals surface area contributed by atoms with E-state index in [-0.39, 0.29) is 19.8 Å². The average Bonchev–Trinajstić information content (AvgIpc) is 3.16. The van der Waals surface area contributed by atoms with Gasteiger partial charge < -0.3 is 15.3 Å². The molecule has 2 aliphatic rings. The Morgan fingerprint density at radius 1 is 0.864 bits per heavy atom. The first-order chi connectivity index (χ1) is 10.5. The summed E-state index contributed by atoms with van der Waals surface area (Å²) in [6.45, 7) is 7.07. The Kier molecular flexibility index (Phi) is 17.0. The summed E-state index contributed by atoms with van der Waals surface area (Å²) in [5.41, 5.74) is 3.17. The molecule has 0 bridgehead atoms. The zero-order valence-electron chi connectivity index (χ0n) is 14.2. The molecule has 4 heteroatoms. The minimum absolute atomic E-state index is 0. The zero-order chi connectivity index (χ0) is 17.4. The quantitative estimate of drug-likeness (QED) is 0.727. The van der Waals surface area contributed by atoms with Crippen molar-refractivity contribution in [2.24, 2.45) is 0 Å². The molecule has 0 atom stereocenters. The van der Waals surface area contributed by atoms with E-state index in [9.17, 15) is 0 Å². The molecule has 0 saturated heterocycles. The van der Waals surface area contributed by atoms with Crippen molar-refractivity contribution >= 4 is 0 Å². The van der Waals surface area contributed by atoms with Gasteiger partial charge in [0.15, 0.2) is 0 Å². The van der Waals surface area contributed by atoms with Crippen LogP contribution in [-0.4, -0.2) is 19.8 Å². The third-order valence-electron chi connectivity index (χ3n) is 2.83. The maximum atomic E-state index is 8.93. The average molecular weight is 384 g/mol. The molecule has 2 rings (SSSR count). The van der Waals surface area contributed by atoms with Gasteiger partial charge in [0, 0.05) is 0 Å².